The van der Waals surface area contributed by atoms with Gasteiger partial charge >= 0.3 is 0 Å². The Balaban J connectivity index is 1.94. The van der Waals surface area contributed by atoms with Gasteiger partial charge in [0.15, 0.2) is 0 Å². The molecule has 1 atom stereocenters. The number of carbonyl (C=O) groups excluding carboxylic acids is 2. The summed E-state index contributed by atoms with van der Waals surface area (Å²) in [4.78, 5) is 25.9. The molecule has 2 amide bonds. The van der Waals surface area contributed by atoms with Gasteiger partial charge in [-0.15, -0.1) is 0 Å². The Bertz CT molecular complexity index is 324. The minimum Gasteiger partial charge on any atom is -0.344 e. The number of nitrogens with one attached hydrogen (secondary N) is 1. The van der Waals surface area contributed by atoms with Crippen molar-refractivity contribution in [2.45, 2.75) is 52.0 Å². The van der Waals surface area contributed by atoms with E-state index in [0.29, 0.717) is 18.9 Å². The maximum atomic E-state index is 12.4. The molecule has 4 heteroatoms. The lowest BCUT2D eigenvalue weighted by molar-refractivity contribution is -0.134. The summed E-state index contributed by atoms with van der Waals surface area (Å²) in [7, 11) is 0. The molecule has 1 heterocycles. The molecule has 0 radical (unpaired) electrons. The van der Waals surface area contributed by atoms with Gasteiger partial charge in [-0.25, -0.2) is 0 Å². The lowest BCUT2D eigenvalue weighted by Crippen LogP contribution is -2.45. The molecule has 1 N–H and O–H groups in total. The van der Waals surface area contributed by atoms with Gasteiger partial charge < -0.3 is 10.2 Å². The molecule has 1 aliphatic carbocycles. The highest BCUT2D eigenvalue weighted by Crippen LogP contribution is 2.32. The van der Waals surface area contributed by atoms with Crippen molar-refractivity contribution in [3.05, 3.63) is 0 Å². The van der Waals surface area contributed by atoms with Crippen LogP contribution in [0.15, 0.2) is 0 Å². The Morgan fingerprint density at radius 3 is 2.67 bits per heavy atom. The average molecular weight is 252 g/mol. The highest BCUT2D eigenvalue weighted by atomic mass is 16.2. The van der Waals surface area contributed by atoms with E-state index in [9.17, 15) is 9.59 Å². The van der Waals surface area contributed by atoms with Gasteiger partial charge in [0.1, 0.15) is 6.04 Å². The van der Waals surface area contributed by atoms with Crippen LogP contribution in [0.25, 0.3) is 0 Å². The molecule has 0 aromatic rings. The lowest BCUT2D eigenvalue weighted by atomic mass is 10.0. The second-order valence-corrected chi connectivity index (χ2v) is 6.06. The molecule has 4 nitrogen and oxygen atoms in total. The molecule has 1 aliphatic heterocycles. The highest BCUT2D eigenvalue weighted by Gasteiger charge is 2.31. The fourth-order valence-corrected chi connectivity index (χ4v) is 2.49. The maximum absolute atomic E-state index is 12.4. The summed E-state index contributed by atoms with van der Waals surface area (Å²) in [5.74, 6) is 1.38. The van der Waals surface area contributed by atoms with E-state index < -0.39 is 0 Å². The molecule has 18 heavy (non-hydrogen) atoms. The third-order valence-electron chi connectivity index (χ3n) is 3.77. The van der Waals surface area contributed by atoms with Crippen LogP contribution in [0, 0.1) is 11.8 Å². The van der Waals surface area contributed by atoms with E-state index >= 15 is 0 Å². The first-order chi connectivity index (χ1) is 8.56. The van der Waals surface area contributed by atoms with Crippen LogP contribution in [0.3, 0.4) is 0 Å². The van der Waals surface area contributed by atoms with E-state index in [1.807, 2.05) is 4.90 Å². The zero-order chi connectivity index (χ0) is 13.1. The fraction of sp³-hybridized carbons (Fsp3) is 0.857. The first kappa shape index (κ1) is 13.4. The van der Waals surface area contributed by atoms with Gasteiger partial charge in [-0.3, -0.25) is 9.59 Å². The van der Waals surface area contributed by atoms with Gasteiger partial charge in [0.05, 0.1) is 0 Å². The van der Waals surface area contributed by atoms with Crippen molar-refractivity contribution in [3.8, 4) is 0 Å². The topological polar surface area (TPSA) is 49.4 Å². The summed E-state index contributed by atoms with van der Waals surface area (Å²) in [5, 5.41) is 2.86. The standard InChI is InChI=1S/C14H24N2O2/c1-10(2)9-12-14(18)16(7-5-11-3-4-11)8-6-13(17)15-12/h10-12H,3-9H2,1-2H3,(H,15,17). The van der Waals surface area contributed by atoms with Crippen LogP contribution in [-0.4, -0.2) is 35.8 Å². The van der Waals surface area contributed by atoms with Crippen LogP contribution in [0.1, 0.15) is 46.0 Å². The first-order valence-corrected chi connectivity index (χ1v) is 7.14. The molecular formula is C14H24N2O2. The van der Waals surface area contributed by atoms with Crippen LogP contribution in [-0.2, 0) is 9.59 Å². The number of nitrogens with zero attached hydrogens (tertiary/aromatic N) is 1. The zero-order valence-corrected chi connectivity index (χ0v) is 11.4. The molecule has 2 rings (SSSR count). The van der Waals surface area contributed by atoms with Gasteiger partial charge in [0.25, 0.3) is 0 Å². The first-order valence-electron chi connectivity index (χ1n) is 7.14. The van der Waals surface area contributed by atoms with E-state index in [-0.39, 0.29) is 17.9 Å². The second kappa shape index (κ2) is 5.72. The van der Waals surface area contributed by atoms with Crippen LogP contribution < -0.4 is 5.32 Å². The van der Waals surface area contributed by atoms with E-state index in [0.717, 1.165) is 25.3 Å². The van der Waals surface area contributed by atoms with Gasteiger partial charge in [-0.1, -0.05) is 26.7 Å². The van der Waals surface area contributed by atoms with Gasteiger partial charge in [-0.2, -0.15) is 0 Å². The molecule has 0 spiro atoms. The summed E-state index contributed by atoms with van der Waals surface area (Å²) < 4.78 is 0. The SMILES string of the molecule is CC(C)CC1NC(=O)CCN(CCC2CC2)C1=O. The van der Waals surface area contributed by atoms with Crippen molar-refractivity contribution < 1.29 is 9.59 Å². The van der Waals surface area contributed by atoms with Gasteiger partial charge in [-0.05, 0) is 24.7 Å². The number of carbonyl (C=O) groups is 2. The molecule has 0 bridgehead atoms. The van der Waals surface area contributed by atoms with Crippen molar-refractivity contribution in [2.24, 2.45) is 11.8 Å². The molecule has 2 fully saturated rings. The summed E-state index contributed by atoms with van der Waals surface area (Å²) in [6.45, 7) is 5.58. The summed E-state index contributed by atoms with van der Waals surface area (Å²) in [5.41, 5.74) is 0. The fourth-order valence-electron chi connectivity index (χ4n) is 2.49. The third-order valence-corrected chi connectivity index (χ3v) is 3.77. The normalized spacial score (nSPS) is 25.3. The van der Waals surface area contributed by atoms with Crippen LogP contribution in [0.4, 0.5) is 0 Å². The largest absolute Gasteiger partial charge is 0.344 e. The van der Waals surface area contributed by atoms with Crippen molar-refractivity contribution in [1.29, 1.82) is 0 Å². The number of hydrogen-bond acceptors (Lipinski definition) is 2. The van der Waals surface area contributed by atoms with Crippen LogP contribution in [0.2, 0.25) is 0 Å². The summed E-state index contributed by atoms with van der Waals surface area (Å²) in [6, 6.07) is -0.306. The Morgan fingerprint density at radius 2 is 2.06 bits per heavy atom. The quantitative estimate of drug-likeness (QED) is 0.807. The zero-order valence-electron chi connectivity index (χ0n) is 11.4. The van der Waals surface area contributed by atoms with E-state index in [2.05, 4.69) is 19.2 Å². The monoisotopic (exact) mass is 252 g/mol. The Hall–Kier alpha value is -1.06. The van der Waals surface area contributed by atoms with E-state index in [4.69, 9.17) is 0 Å². The van der Waals surface area contributed by atoms with Crippen molar-refractivity contribution >= 4 is 11.8 Å². The molecule has 0 aromatic heterocycles. The predicted octanol–water partition coefficient (Wildman–Crippen LogP) is 1.55. The Kier molecular flexibility index (Phi) is 4.25. The van der Waals surface area contributed by atoms with Crippen LogP contribution in [0.5, 0.6) is 0 Å². The minimum atomic E-state index is -0.306. The molecule has 102 valence electrons. The maximum Gasteiger partial charge on any atom is 0.245 e. The van der Waals surface area contributed by atoms with Crippen molar-refractivity contribution in [3.63, 3.8) is 0 Å². The average Bonchev–Trinajstić information content (AvgIpc) is 3.10. The summed E-state index contributed by atoms with van der Waals surface area (Å²) >= 11 is 0. The number of rotatable bonds is 5. The molecular weight excluding hydrogens is 228 g/mol. The molecule has 1 saturated carbocycles. The smallest absolute Gasteiger partial charge is 0.245 e. The molecule has 2 aliphatic rings. The van der Waals surface area contributed by atoms with Gasteiger partial charge in [0, 0.05) is 19.5 Å². The predicted molar refractivity (Wildman–Crippen MR) is 69.9 cm³/mol. The lowest BCUT2D eigenvalue weighted by Gasteiger charge is -2.24. The molecule has 0 aromatic carbocycles. The highest BCUT2D eigenvalue weighted by molar-refractivity contribution is 5.89. The summed E-state index contributed by atoms with van der Waals surface area (Å²) in [6.07, 6.45) is 4.92. The van der Waals surface area contributed by atoms with E-state index in [1.54, 1.807) is 0 Å². The van der Waals surface area contributed by atoms with Crippen molar-refractivity contribution in [1.82, 2.24) is 10.2 Å². The van der Waals surface area contributed by atoms with Crippen molar-refractivity contribution in [2.75, 3.05) is 13.1 Å². The van der Waals surface area contributed by atoms with E-state index in [1.165, 1.54) is 12.8 Å². The van der Waals surface area contributed by atoms with Gasteiger partial charge in [0.2, 0.25) is 11.8 Å². The third kappa shape index (κ3) is 3.72. The minimum absolute atomic E-state index is 0.0166. The molecule has 1 unspecified atom stereocenters. The van der Waals surface area contributed by atoms with Crippen LogP contribution >= 0.6 is 0 Å². The second-order valence-electron chi connectivity index (χ2n) is 6.06. The number of amides is 2. The Labute approximate surface area is 109 Å². The number of hydrogen-bond donors (Lipinski definition) is 1. The Morgan fingerprint density at radius 1 is 1.33 bits per heavy atom. The molecule has 1 saturated heterocycles.